The Balaban J connectivity index is 0.000000807. The van der Waals surface area contributed by atoms with Crippen LogP contribution in [-0.2, 0) is 13.6 Å². The zero-order valence-electron chi connectivity index (χ0n) is 19.5. The van der Waals surface area contributed by atoms with Gasteiger partial charge in [-0.2, -0.15) is 0 Å². The van der Waals surface area contributed by atoms with Gasteiger partial charge in [-0.05, 0) is 30.5 Å². The molecular weight excluding hydrogens is 404 g/mol. The first-order valence-corrected chi connectivity index (χ1v) is 11.6. The van der Waals surface area contributed by atoms with E-state index in [1.54, 1.807) is 11.6 Å². The molecule has 2 aromatic heterocycles. The maximum Gasteiger partial charge on any atom is 0.332 e. The zero-order valence-corrected chi connectivity index (χ0v) is 20.3. The van der Waals surface area contributed by atoms with Gasteiger partial charge in [0.25, 0.3) is 5.56 Å². The van der Waals surface area contributed by atoms with Crippen molar-refractivity contribution in [2.75, 3.05) is 0 Å². The van der Waals surface area contributed by atoms with Gasteiger partial charge in [0.15, 0.2) is 0 Å². The summed E-state index contributed by atoms with van der Waals surface area (Å²) in [5, 5.41) is 0.633. The Morgan fingerprint density at radius 2 is 1.42 bits per heavy atom. The first kappa shape index (κ1) is 24.4. The molecule has 0 saturated carbocycles. The number of aromatic nitrogens is 2. The summed E-state index contributed by atoms with van der Waals surface area (Å²) in [7, 11) is 1.55. The topological polar surface area (TPSA) is 44.0 Å². The van der Waals surface area contributed by atoms with Gasteiger partial charge in [-0.3, -0.25) is 13.9 Å². The minimum Gasteiger partial charge on any atom is -0.280 e. The lowest BCUT2D eigenvalue weighted by atomic mass is 10.1. The largest absolute Gasteiger partial charge is 0.332 e. The molecule has 0 aliphatic carbocycles. The van der Waals surface area contributed by atoms with Crippen LogP contribution in [-0.4, -0.2) is 9.13 Å². The third-order valence-corrected chi connectivity index (χ3v) is 6.27. The van der Waals surface area contributed by atoms with E-state index < -0.39 is 0 Å². The molecule has 0 bridgehead atoms. The molecule has 5 heteroatoms. The molecule has 0 aliphatic rings. The van der Waals surface area contributed by atoms with Gasteiger partial charge in [0.2, 0.25) is 0 Å². The summed E-state index contributed by atoms with van der Waals surface area (Å²) >= 11 is 1.52. The van der Waals surface area contributed by atoms with Crippen LogP contribution >= 0.6 is 11.3 Å². The molecule has 0 N–H and O–H groups in total. The summed E-state index contributed by atoms with van der Waals surface area (Å²) in [6.07, 6.45) is 0. The number of rotatable bonds is 3. The van der Waals surface area contributed by atoms with Crippen molar-refractivity contribution in [3.05, 3.63) is 92.1 Å². The minimum absolute atomic E-state index is 0.230. The van der Waals surface area contributed by atoms with Crippen LogP contribution in [0.3, 0.4) is 0 Å². The number of hydrogen-bond donors (Lipinski definition) is 0. The van der Waals surface area contributed by atoms with Crippen molar-refractivity contribution in [2.45, 2.75) is 48.1 Å². The van der Waals surface area contributed by atoms with Gasteiger partial charge in [-0.25, -0.2) is 4.79 Å². The lowest BCUT2D eigenvalue weighted by Crippen LogP contribution is -2.38. The van der Waals surface area contributed by atoms with Gasteiger partial charge >= 0.3 is 5.69 Å². The molecule has 0 fully saturated rings. The van der Waals surface area contributed by atoms with Crippen LogP contribution in [0.15, 0.2) is 64.2 Å². The monoisotopic (exact) mass is 436 g/mol. The molecule has 4 nitrogen and oxygen atoms in total. The van der Waals surface area contributed by atoms with Crippen LogP contribution in [0.5, 0.6) is 0 Å². The lowest BCUT2D eigenvalue weighted by molar-refractivity contribution is 0.677. The van der Waals surface area contributed by atoms with Crippen LogP contribution in [0, 0.1) is 13.8 Å². The third kappa shape index (κ3) is 4.88. The standard InChI is InChI=1S/C22H20N2O2S.2C2H6/c1-14-9-11-17(12-10-14)19-15(2)18-20(25)23(3)22(26)24(21(18)27-19)13-16-7-5-4-6-8-16;2*1-2/h4-12H,13H2,1-3H3;2*1-2H3. The molecule has 164 valence electrons. The molecule has 31 heavy (non-hydrogen) atoms. The second-order valence-corrected chi connectivity index (χ2v) is 7.82. The molecule has 0 atom stereocenters. The fraction of sp³-hybridized carbons (Fsp3) is 0.308. The first-order chi connectivity index (χ1) is 15.0. The molecule has 2 aromatic carbocycles. The summed E-state index contributed by atoms with van der Waals surface area (Å²) in [5.74, 6) is 0. The molecule has 0 amide bonds. The smallest absolute Gasteiger partial charge is 0.280 e. The molecule has 0 saturated heterocycles. The molecule has 0 unspecified atom stereocenters. The summed E-state index contributed by atoms with van der Waals surface area (Å²) in [6.45, 7) is 12.5. The number of benzene rings is 2. The number of thiophene rings is 1. The van der Waals surface area contributed by atoms with Crippen LogP contribution in [0.2, 0.25) is 0 Å². The van der Waals surface area contributed by atoms with E-state index in [4.69, 9.17) is 0 Å². The van der Waals surface area contributed by atoms with E-state index in [1.165, 1.54) is 21.5 Å². The average molecular weight is 437 g/mol. The second-order valence-electron chi connectivity index (χ2n) is 6.82. The van der Waals surface area contributed by atoms with Gasteiger partial charge in [-0.1, -0.05) is 87.9 Å². The minimum atomic E-state index is -0.284. The SMILES string of the molecule is CC.CC.Cc1ccc(-c2sc3c(c2C)c(=O)n(C)c(=O)n3Cc2ccccc2)cc1. The van der Waals surface area contributed by atoms with Crippen molar-refractivity contribution >= 4 is 21.6 Å². The Labute approximate surface area is 188 Å². The summed E-state index contributed by atoms with van der Waals surface area (Å²) < 4.78 is 2.92. The van der Waals surface area contributed by atoms with Crippen molar-refractivity contribution in [3.8, 4) is 10.4 Å². The van der Waals surface area contributed by atoms with E-state index in [0.717, 1.165) is 26.4 Å². The fourth-order valence-electron chi connectivity index (χ4n) is 3.35. The number of aryl methyl sites for hydroxylation is 2. The predicted molar refractivity (Wildman–Crippen MR) is 134 cm³/mol. The van der Waals surface area contributed by atoms with Crippen LogP contribution in [0.1, 0.15) is 44.4 Å². The molecule has 4 aromatic rings. The highest BCUT2D eigenvalue weighted by molar-refractivity contribution is 7.22. The predicted octanol–water partition coefficient (Wildman–Crippen LogP) is 6.15. The Morgan fingerprint density at radius 3 is 2.00 bits per heavy atom. The highest BCUT2D eigenvalue weighted by Crippen LogP contribution is 2.36. The van der Waals surface area contributed by atoms with Gasteiger partial charge < -0.3 is 0 Å². The number of hydrogen-bond acceptors (Lipinski definition) is 3. The van der Waals surface area contributed by atoms with E-state index in [-0.39, 0.29) is 11.2 Å². The van der Waals surface area contributed by atoms with E-state index in [9.17, 15) is 9.59 Å². The quantitative estimate of drug-likeness (QED) is 0.387. The van der Waals surface area contributed by atoms with E-state index in [0.29, 0.717) is 11.9 Å². The molecule has 4 rings (SSSR count). The van der Waals surface area contributed by atoms with Crippen molar-refractivity contribution in [1.82, 2.24) is 9.13 Å². The fourth-order valence-corrected chi connectivity index (χ4v) is 4.65. The zero-order chi connectivity index (χ0) is 23.1. The van der Waals surface area contributed by atoms with Gasteiger partial charge in [0.1, 0.15) is 4.83 Å². The molecule has 0 aliphatic heterocycles. The third-order valence-electron chi connectivity index (χ3n) is 4.91. The molecular formula is C26H32N2O2S. The maximum atomic E-state index is 12.8. The van der Waals surface area contributed by atoms with Crippen LogP contribution < -0.4 is 11.2 Å². The maximum absolute atomic E-state index is 12.8. The summed E-state index contributed by atoms with van der Waals surface area (Å²) in [4.78, 5) is 27.4. The van der Waals surface area contributed by atoms with E-state index in [2.05, 4.69) is 31.2 Å². The average Bonchev–Trinajstić information content (AvgIpc) is 3.16. The number of nitrogens with zero attached hydrogens (tertiary/aromatic N) is 2. The second kappa shape index (κ2) is 10.9. The van der Waals surface area contributed by atoms with Gasteiger partial charge in [0.05, 0.1) is 11.9 Å². The number of fused-ring (bicyclic) bond motifs is 1. The Bertz CT molecular complexity index is 1250. The summed E-state index contributed by atoms with van der Waals surface area (Å²) in [5.41, 5.74) is 3.71. The van der Waals surface area contributed by atoms with Crippen LogP contribution in [0.25, 0.3) is 20.7 Å². The Morgan fingerprint density at radius 1 is 0.839 bits per heavy atom. The molecule has 2 heterocycles. The van der Waals surface area contributed by atoms with Gasteiger partial charge in [0, 0.05) is 11.9 Å². The Hall–Kier alpha value is -2.92. The normalized spacial score (nSPS) is 10.2. The lowest BCUT2D eigenvalue weighted by Gasteiger charge is -2.09. The molecule has 0 spiro atoms. The van der Waals surface area contributed by atoms with Crippen molar-refractivity contribution < 1.29 is 0 Å². The van der Waals surface area contributed by atoms with Crippen molar-refractivity contribution in [2.24, 2.45) is 7.05 Å². The van der Waals surface area contributed by atoms with E-state index in [1.807, 2.05) is 65.0 Å². The van der Waals surface area contributed by atoms with E-state index >= 15 is 0 Å². The molecule has 0 radical (unpaired) electrons. The summed E-state index contributed by atoms with van der Waals surface area (Å²) in [6, 6.07) is 18.1. The van der Waals surface area contributed by atoms with Crippen molar-refractivity contribution in [3.63, 3.8) is 0 Å². The highest BCUT2D eigenvalue weighted by Gasteiger charge is 2.19. The van der Waals surface area contributed by atoms with Gasteiger partial charge in [-0.15, -0.1) is 11.3 Å². The first-order valence-electron chi connectivity index (χ1n) is 10.8. The van der Waals surface area contributed by atoms with Crippen molar-refractivity contribution in [1.29, 1.82) is 0 Å². The van der Waals surface area contributed by atoms with Crippen LogP contribution in [0.4, 0.5) is 0 Å². The highest BCUT2D eigenvalue weighted by atomic mass is 32.1. The Kier molecular flexibility index (Phi) is 8.57.